The van der Waals surface area contributed by atoms with Crippen molar-refractivity contribution in [2.24, 2.45) is 0 Å². The maximum absolute atomic E-state index is 2.47. The number of hydrogen-bond acceptors (Lipinski definition) is 1. The third-order valence-electron chi connectivity index (χ3n) is 12.8. The molecule has 1 heteroatoms. The predicted molar refractivity (Wildman–Crippen MR) is 258 cm³/mol. The van der Waals surface area contributed by atoms with Crippen molar-refractivity contribution in [3.05, 3.63) is 206 Å². The molecular formula is C58H34S. The fourth-order valence-electron chi connectivity index (χ4n) is 10.1. The minimum atomic E-state index is 1.22. The predicted octanol–water partition coefficient (Wildman–Crippen LogP) is 17.1. The third-order valence-corrected chi connectivity index (χ3v) is 13.9. The summed E-state index contributed by atoms with van der Waals surface area (Å²) in [6.07, 6.45) is 0. The van der Waals surface area contributed by atoms with Gasteiger partial charge < -0.3 is 0 Å². The van der Waals surface area contributed by atoms with E-state index in [-0.39, 0.29) is 0 Å². The molecule has 0 N–H and O–H groups in total. The van der Waals surface area contributed by atoms with Gasteiger partial charge in [-0.1, -0.05) is 170 Å². The zero-order valence-corrected chi connectivity index (χ0v) is 32.9. The van der Waals surface area contributed by atoms with Crippen molar-refractivity contribution in [2.45, 2.75) is 0 Å². The molecule has 0 unspecified atom stereocenters. The van der Waals surface area contributed by atoms with E-state index in [4.69, 9.17) is 0 Å². The second kappa shape index (κ2) is 12.6. The van der Waals surface area contributed by atoms with Crippen LogP contribution in [0.15, 0.2) is 206 Å². The second-order valence-corrected chi connectivity index (χ2v) is 17.0. The maximum atomic E-state index is 2.47. The Bertz CT molecular complexity index is 3850. The SMILES string of the molecule is c1cc(-c2ccc3c(c2)c2ccccc2c2cc4c(cc32)sc2ccc3ccccc3c24)cc(-c2ccc(-c3c4ccccc4cc4ccccc34)c3ccccc23)c1. The summed E-state index contributed by atoms with van der Waals surface area (Å²) in [6, 6.07) is 77.0. The van der Waals surface area contributed by atoms with Gasteiger partial charge in [0.25, 0.3) is 0 Å². The molecule has 1 aromatic heterocycles. The summed E-state index contributed by atoms with van der Waals surface area (Å²) >= 11 is 1.91. The second-order valence-electron chi connectivity index (χ2n) is 15.9. The first-order valence-corrected chi connectivity index (χ1v) is 21.2. The van der Waals surface area contributed by atoms with Crippen LogP contribution in [-0.4, -0.2) is 0 Å². The zero-order chi connectivity index (χ0) is 38.6. The van der Waals surface area contributed by atoms with Crippen LogP contribution in [0.5, 0.6) is 0 Å². The molecule has 0 aliphatic heterocycles. The number of hydrogen-bond donors (Lipinski definition) is 0. The van der Waals surface area contributed by atoms with Gasteiger partial charge in [0.1, 0.15) is 0 Å². The lowest BCUT2D eigenvalue weighted by Gasteiger charge is -2.17. The first-order valence-electron chi connectivity index (χ1n) is 20.4. The largest absolute Gasteiger partial charge is 0.135 e. The molecule has 0 nitrogen and oxygen atoms in total. The fourth-order valence-corrected chi connectivity index (χ4v) is 11.3. The van der Waals surface area contributed by atoms with E-state index in [9.17, 15) is 0 Å². The summed E-state index contributed by atoms with van der Waals surface area (Å²) < 4.78 is 2.68. The summed E-state index contributed by atoms with van der Waals surface area (Å²) in [5.41, 5.74) is 7.47. The molecule has 0 amide bonds. The van der Waals surface area contributed by atoms with E-state index >= 15 is 0 Å². The van der Waals surface area contributed by atoms with Crippen LogP contribution in [0.3, 0.4) is 0 Å². The Hall–Kier alpha value is -7.32. The lowest BCUT2D eigenvalue weighted by atomic mass is 9.87. The van der Waals surface area contributed by atoms with Crippen LogP contribution in [0, 0.1) is 0 Å². The topological polar surface area (TPSA) is 0 Å². The van der Waals surface area contributed by atoms with Crippen LogP contribution in [0.25, 0.3) is 129 Å². The number of benzene rings is 12. The summed E-state index contributed by atoms with van der Waals surface area (Å²) in [6.45, 7) is 0. The highest BCUT2D eigenvalue weighted by atomic mass is 32.1. The quantitative estimate of drug-likeness (QED) is 0.124. The minimum Gasteiger partial charge on any atom is -0.135 e. The molecule has 272 valence electrons. The van der Waals surface area contributed by atoms with E-state index in [1.165, 1.54) is 129 Å². The Labute approximate surface area is 344 Å². The van der Waals surface area contributed by atoms with Gasteiger partial charge in [-0.25, -0.2) is 0 Å². The summed E-state index contributed by atoms with van der Waals surface area (Å²) in [7, 11) is 0. The highest BCUT2D eigenvalue weighted by Crippen LogP contribution is 2.46. The average molecular weight is 763 g/mol. The molecule has 0 spiro atoms. The standard InChI is InChI=1S/C58H34S/c1-4-17-42-35(12-1)25-29-55-58(42)54-33-52-48-23-10-9-22-47(48)51-32-37(24-26-49(51)53(52)34-56(54)59-55)36-15-11-16-38(30-36)41-27-28-50(46-21-8-7-20-45(41)46)57-43-18-5-2-13-39(43)31-40-14-3-6-19-44(40)57/h1-34H. The van der Waals surface area contributed by atoms with Crippen molar-refractivity contribution < 1.29 is 0 Å². The van der Waals surface area contributed by atoms with Gasteiger partial charge in [-0.2, -0.15) is 0 Å². The Kier molecular flexibility index (Phi) is 6.98. The van der Waals surface area contributed by atoms with Crippen molar-refractivity contribution in [1.29, 1.82) is 0 Å². The van der Waals surface area contributed by atoms with Crippen molar-refractivity contribution in [1.82, 2.24) is 0 Å². The number of thiophene rings is 1. The first kappa shape index (κ1) is 32.7. The van der Waals surface area contributed by atoms with Crippen LogP contribution in [0.4, 0.5) is 0 Å². The Morgan fingerprint density at radius 2 is 0.780 bits per heavy atom. The van der Waals surface area contributed by atoms with Gasteiger partial charge in [-0.15, -0.1) is 11.3 Å². The molecule has 0 fully saturated rings. The molecule has 0 aliphatic carbocycles. The Morgan fingerprint density at radius 3 is 1.53 bits per heavy atom. The molecule has 0 atom stereocenters. The van der Waals surface area contributed by atoms with Crippen molar-refractivity contribution in [3.63, 3.8) is 0 Å². The zero-order valence-electron chi connectivity index (χ0n) is 32.0. The highest BCUT2D eigenvalue weighted by molar-refractivity contribution is 7.26. The lowest BCUT2D eigenvalue weighted by Crippen LogP contribution is -1.90. The van der Waals surface area contributed by atoms with Gasteiger partial charge in [0.15, 0.2) is 0 Å². The molecular weight excluding hydrogens is 729 g/mol. The maximum Gasteiger partial charge on any atom is 0.0362 e. The summed E-state index contributed by atoms with van der Waals surface area (Å²) in [4.78, 5) is 0. The number of rotatable bonds is 3. The highest BCUT2D eigenvalue weighted by Gasteiger charge is 2.17. The van der Waals surface area contributed by atoms with Crippen LogP contribution in [0.1, 0.15) is 0 Å². The minimum absolute atomic E-state index is 1.22. The lowest BCUT2D eigenvalue weighted by molar-refractivity contribution is 1.62. The van der Waals surface area contributed by atoms with Crippen molar-refractivity contribution in [3.8, 4) is 33.4 Å². The van der Waals surface area contributed by atoms with Gasteiger partial charge >= 0.3 is 0 Å². The van der Waals surface area contributed by atoms with Crippen molar-refractivity contribution >= 4 is 107 Å². The van der Waals surface area contributed by atoms with Gasteiger partial charge in [-0.3, -0.25) is 0 Å². The number of fused-ring (bicyclic) bond motifs is 14. The smallest absolute Gasteiger partial charge is 0.0362 e. The molecule has 0 saturated heterocycles. The molecule has 13 aromatic rings. The molecule has 12 aromatic carbocycles. The normalized spacial score (nSPS) is 12.1. The fraction of sp³-hybridized carbons (Fsp3) is 0. The third kappa shape index (κ3) is 4.89. The van der Waals surface area contributed by atoms with Crippen LogP contribution >= 0.6 is 11.3 Å². The van der Waals surface area contributed by atoms with Gasteiger partial charge in [0, 0.05) is 20.2 Å². The molecule has 0 radical (unpaired) electrons. The van der Waals surface area contributed by atoms with Crippen molar-refractivity contribution in [2.75, 3.05) is 0 Å². The Morgan fingerprint density at radius 1 is 0.237 bits per heavy atom. The Balaban J connectivity index is 0.981. The monoisotopic (exact) mass is 762 g/mol. The van der Waals surface area contributed by atoms with Crippen LogP contribution in [-0.2, 0) is 0 Å². The van der Waals surface area contributed by atoms with Crippen LogP contribution in [0.2, 0.25) is 0 Å². The van der Waals surface area contributed by atoms with Crippen LogP contribution < -0.4 is 0 Å². The summed E-state index contributed by atoms with van der Waals surface area (Å²) in [5, 5.41) is 20.8. The van der Waals surface area contributed by atoms with E-state index in [0.29, 0.717) is 0 Å². The molecule has 13 rings (SSSR count). The molecule has 59 heavy (non-hydrogen) atoms. The molecule has 0 saturated carbocycles. The first-order chi connectivity index (χ1) is 29.2. The summed E-state index contributed by atoms with van der Waals surface area (Å²) in [5.74, 6) is 0. The van der Waals surface area contributed by atoms with E-state index in [0.717, 1.165) is 0 Å². The van der Waals surface area contributed by atoms with E-state index in [1.807, 2.05) is 11.3 Å². The molecule has 0 aliphatic rings. The van der Waals surface area contributed by atoms with Gasteiger partial charge in [-0.05, 0) is 145 Å². The van der Waals surface area contributed by atoms with Gasteiger partial charge in [0.2, 0.25) is 0 Å². The molecule has 0 bridgehead atoms. The molecule has 1 heterocycles. The van der Waals surface area contributed by atoms with E-state index < -0.39 is 0 Å². The van der Waals surface area contributed by atoms with E-state index in [1.54, 1.807) is 0 Å². The van der Waals surface area contributed by atoms with E-state index in [2.05, 4.69) is 206 Å². The average Bonchev–Trinajstić information content (AvgIpc) is 3.68. The van der Waals surface area contributed by atoms with Gasteiger partial charge in [0.05, 0.1) is 0 Å².